The smallest absolute Gasteiger partial charge is 0.312 e. The maximum atomic E-state index is 12.6. The largest absolute Gasteiger partial charge is 0.452 e. The molecule has 1 heterocycles. The lowest BCUT2D eigenvalue weighted by Crippen LogP contribution is -2.33. The average molecular weight is 405 g/mol. The number of nitrogens with one attached hydrogen (secondary N) is 1. The number of hydrogen-bond donors (Lipinski definition) is 1. The van der Waals surface area contributed by atoms with Crippen molar-refractivity contribution in [1.29, 1.82) is 5.26 Å². The second kappa shape index (κ2) is 9.23. The number of carbonyl (C=O) groups excluding carboxylic acids is 3. The van der Waals surface area contributed by atoms with Crippen molar-refractivity contribution in [3.63, 3.8) is 0 Å². The number of nitriles is 1. The molecule has 0 aliphatic carbocycles. The molecule has 1 fully saturated rings. The third-order valence-corrected chi connectivity index (χ3v) is 5.09. The molecule has 2 amide bonds. The molecule has 7 nitrogen and oxygen atoms in total. The van der Waals surface area contributed by atoms with Gasteiger partial charge in [0.2, 0.25) is 5.91 Å². The molecule has 0 bridgehead atoms. The lowest BCUT2D eigenvalue weighted by atomic mass is 10.1. The first kappa shape index (κ1) is 21.1. The van der Waals surface area contributed by atoms with Gasteiger partial charge >= 0.3 is 5.97 Å². The van der Waals surface area contributed by atoms with Crippen molar-refractivity contribution in [2.75, 3.05) is 16.8 Å². The number of benzene rings is 2. The van der Waals surface area contributed by atoms with Gasteiger partial charge in [0, 0.05) is 18.7 Å². The van der Waals surface area contributed by atoms with Gasteiger partial charge in [-0.1, -0.05) is 37.3 Å². The highest BCUT2D eigenvalue weighted by molar-refractivity contribution is 6.01. The predicted molar refractivity (Wildman–Crippen MR) is 112 cm³/mol. The van der Waals surface area contributed by atoms with Crippen molar-refractivity contribution in [2.24, 2.45) is 5.92 Å². The molecule has 7 heteroatoms. The van der Waals surface area contributed by atoms with E-state index in [-0.39, 0.29) is 18.9 Å². The van der Waals surface area contributed by atoms with Crippen molar-refractivity contribution >= 4 is 29.2 Å². The molecule has 0 unspecified atom stereocenters. The van der Waals surface area contributed by atoms with E-state index in [1.54, 1.807) is 29.2 Å². The molecule has 1 saturated heterocycles. The monoisotopic (exact) mass is 405 g/mol. The average Bonchev–Trinajstić information content (AvgIpc) is 3.15. The Bertz CT molecular complexity index is 1010. The molecule has 1 aliphatic rings. The summed E-state index contributed by atoms with van der Waals surface area (Å²) in [5.41, 5.74) is 2.50. The van der Waals surface area contributed by atoms with Gasteiger partial charge in [0.05, 0.1) is 17.2 Å². The van der Waals surface area contributed by atoms with Crippen LogP contribution in [0.25, 0.3) is 0 Å². The third kappa shape index (κ3) is 4.49. The van der Waals surface area contributed by atoms with Crippen molar-refractivity contribution in [3.8, 4) is 6.07 Å². The molecule has 0 saturated carbocycles. The zero-order valence-electron chi connectivity index (χ0n) is 16.9. The summed E-state index contributed by atoms with van der Waals surface area (Å²) in [7, 11) is 0. The minimum atomic E-state index is -1.06. The SMILES string of the molecule is CCc1ccccc1N1C[C@H](C(=O)O[C@H](C)C(=O)Nc2ccccc2C#N)CC1=O. The van der Waals surface area contributed by atoms with E-state index < -0.39 is 23.9 Å². The van der Waals surface area contributed by atoms with E-state index in [1.807, 2.05) is 37.3 Å². The fourth-order valence-electron chi connectivity index (χ4n) is 3.42. The Balaban J connectivity index is 1.62. The van der Waals surface area contributed by atoms with E-state index in [2.05, 4.69) is 5.32 Å². The van der Waals surface area contributed by atoms with Crippen LogP contribution in [0.4, 0.5) is 11.4 Å². The van der Waals surface area contributed by atoms with Gasteiger partial charge in [0.15, 0.2) is 6.10 Å². The Morgan fingerprint density at radius 3 is 2.67 bits per heavy atom. The summed E-state index contributed by atoms with van der Waals surface area (Å²) in [6.07, 6.45) is -0.241. The van der Waals surface area contributed by atoms with Gasteiger partial charge in [-0.25, -0.2) is 0 Å². The minimum absolute atomic E-state index is 0.0441. The van der Waals surface area contributed by atoms with Crippen LogP contribution in [0, 0.1) is 17.2 Å². The predicted octanol–water partition coefficient (Wildman–Crippen LogP) is 3.04. The molecule has 1 aliphatic heterocycles. The molecular formula is C23H23N3O4. The van der Waals surface area contributed by atoms with Crippen molar-refractivity contribution in [2.45, 2.75) is 32.8 Å². The first-order valence-corrected chi connectivity index (χ1v) is 9.83. The van der Waals surface area contributed by atoms with Gasteiger partial charge < -0.3 is 15.0 Å². The topological polar surface area (TPSA) is 99.5 Å². The fourth-order valence-corrected chi connectivity index (χ4v) is 3.42. The van der Waals surface area contributed by atoms with Gasteiger partial charge in [0.1, 0.15) is 6.07 Å². The number of carbonyl (C=O) groups is 3. The standard InChI is InChI=1S/C23H23N3O4/c1-3-16-8-5-7-11-20(16)26-14-18(12-21(26)27)23(29)30-15(2)22(28)25-19-10-6-4-9-17(19)13-24/h4-11,15,18H,3,12,14H2,1-2H3,(H,25,28)/t15-,18-/m1/s1. The first-order valence-electron chi connectivity index (χ1n) is 9.83. The maximum absolute atomic E-state index is 12.6. The highest BCUT2D eigenvalue weighted by atomic mass is 16.5. The van der Waals surface area contributed by atoms with E-state index in [1.165, 1.54) is 6.92 Å². The van der Waals surface area contributed by atoms with Crippen molar-refractivity contribution < 1.29 is 19.1 Å². The van der Waals surface area contributed by atoms with Crippen LogP contribution in [-0.2, 0) is 25.5 Å². The minimum Gasteiger partial charge on any atom is -0.452 e. The summed E-state index contributed by atoms with van der Waals surface area (Å²) in [5, 5.41) is 11.7. The second-order valence-corrected chi connectivity index (χ2v) is 7.11. The van der Waals surface area contributed by atoms with Crippen LogP contribution in [0.3, 0.4) is 0 Å². The number of hydrogen-bond acceptors (Lipinski definition) is 5. The molecule has 2 aromatic carbocycles. The van der Waals surface area contributed by atoms with Gasteiger partial charge in [-0.05, 0) is 37.1 Å². The number of aryl methyl sites for hydroxylation is 1. The molecule has 3 rings (SSSR count). The molecule has 154 valence electrons. The number of amides is 2. The summed E-state index contributed by atoms with van der Waals surface area (Å²) in [6.45, 7) is 3.69. The second-order valence-electron chi connectivity index (χ2n) is 7.11. The lowest BCUT2D eigenvalue weighted by molar-refractivity contribution is -0.157. The highest BCUT2D eigenvalue weighted by Crippen LogP contribution is 2.29. The van der Waals surface area contributed by atoms with E-state index >= 15 is 0 Å². The number of ether oxygens (including phenoxy) is 1. The molecule has 0 aromatic heterocycles. The Morgan fingerprint density at radius 1 is 1.23 bits per heavy atom. The van der Waals surface area contributed by atoms with Crippen LogP contribution in [0.2, 0.25) is 0 Å². The Kier molecular flexibility index (Phi) is 6.48. The van der Waals surface area contributed by atoms with Gasteiger partial charge in [-0.2, -0.15) is 5.26 Å². The third-order valence-electron chi connectivity index (χ3n) is 5.09. The van der Waals surface area contributed by atoms with Crippen molar-refractivity contribution in [3.05, 3.63) is 59.7 Å². The van der Waals surface area contributed by atoms with Crippen LogP contribution < -0.4 is 10.2 Å². The Hall–Kier alpha value is -3.66. The van der Waals surface area contributed by atoms with Gasteiger partial charge in [0.25, 0.3) is 5.91 Å². The van der Waals surface area contributed by atoms with Crippen LogP contribution in [0.5, 0.6) is 0 Å². The van der Waals surface area contributed by atoms with Gasteiger partial charge in [-0.15, -0.1) is 0 Å². The zero-order chi connectivity index (χ0) is 21.7. The molecular weight excluding hydrogens is 382 g/mol. The van der Waals surface area contributed by atoms with Crippen molar-refractivity contribution in [1.82, 2.24) is 0 Å². The van der Waals surface area contributed by atoms with Crippen LogP contribution in [-0.4, -0.2) is 30.4 Å². The zero-order valence-corrected chi connectivity index (χ0v) is 16.9. The Labute approximate surface area is 175 Å². The van der Waals surface area contributed by atoms with E-state index in [4.69, 9.17) is 10.00 Å². The molecule has 0 radical (unpaired) electrons. The summed E-state index contributed by atoms with van der Waals surface area (Å²) < 4.78 is 5.32. The van der Waals surface area contributed by atoms with E-state index in [9.17, 15) is 14.4 Å². The Morgan fingerprint density at radius 2 is 1.93 bits per heavy atom. The quantitative estimate of drug-likeness (QED) is 0.745. The van der Waals surface area contributed by atoms with E-state index in [0.717, 1.165) is 17.7 Å². The summed E-state index contributed by atoms with van der Waals surface area (Å²) in [6, 6.07) is 16.2. The number of esters is 1. The highest BCUT2D eigenvalue weighted by Gasteiger charge is 2.37. The van der Waals surface area contributed by atoms with Gasteiger partial charge in [-0.3, -0.25) is 14.4 Å². The number of nitrogens with zero attached hydrogens (tertiary/aromatic N) is 2. The van der Waals surface area contributed by atoms with E-state index in [0.29, 0.717) is 11.3 Å². The molecule has 2 aromatic rings. The number of rotatable bonds is 6. The number of para-hydroxylation sites is 2. The summed E-state index contributed by atoms with van der Waals surface area (Å²) in [5.74, 6) is -1.90. The summed E-state index contributed by atoms with van der Waals surface area (Å²) >= 11 is 0. The molecule has 30 heavy (non-hydrogen) atoms. The maximum Gasteiger partial charge on any atom is 0.312 e. The number of anilines is 2. The van der Waals surface area contributed by atoms with Crippen LogP contribution in [0.15, 0.2) is 48.5 Å². The fraction of sp³-hybridized carbons (Fsp3) is 0.304. The molecule has 2 atom stereocenters. The first-order chi connectivity index (χ1) is 14.4. The van der Waals surface area contributed by atoms with Crippen LogP contribution >= 0.6 is 0 Å². The molecule has 0 spiro atoms. The lowest BCUT2D eigenvalue weighted by Gasteiger charge is -2.20. The van der Waals surface area contributed by atoms with Crippen LogP contribution in [0.1, 0.15) is 31.4 Å². The summed E-state index contributed by atoms with van der Waals surface area (Å²) in [4.78, 5) is 39.1. The molecule has 1 N–H and O–H groups in total. The normalized spacial score (nSPS) is 16.6.